The van der Waals surface area contributed by atoms with Crippen molar-refractivity contribution in [2.24, 2.45) is 0 Å². The van der Waals surface area contributed by atoms with Crippen LogP contribution in [0.4, 0.5) is 11.4 Å². The van der Waals surface area contributed by atoms with Crippen molar-refractivity contribution >= 4 is 34.5 Å². The van der Waals surface area contributed by atoms with E-state index >= 15 is 0 Å². The van der Waals surface area contributed by atoms with Gasteiger partial charge in [-0.25, -0.2) is 0 Å². The molecule has 1 aromatic heterocycles. The molecule has 2 N–H and O–H groups in total. The van der Waals surface area contributed by atoms with E-state index in [9.17, 15) is 9.59 Å². The summed E-state index contributed by atoms with van der Waals surface area (Å²) < 4.78 is 0. The second kappa shape index (κ2) is 7.32. The van der Waals surface area contributed by atoms with Gasteiger partial charge in [-0.1, -0.05) is 6.07 Å². The SMILES string of the molecule is CN(C)[C@@H](CNC(=O)c1ccc2c(c1)NC(=O)[C@@H]1CCCN21)c1cccs1. The molecule has 0 unspecified atom stereocenters. The third-order valence-corrected chi connectivity index (χ3v) is 6.31. The summed E-state index contributed by atoms with van der Waals surface area (Å²) in [6, 6.07) is 9.76. The molecule has 3 heterocycles. The molecule has 1 aromatic carbocycles. The Balaban J connectivity index is 1.48. The van der Waals surface area contributed by atoms with Crippen LogP contribution in [0, 0.1) is 0 Å². The van der Waals surface area contributed by atoms with Gasteiger partial charge in [0.25, 0.3) is 5.91 Å². The summed E-state index contributed by atoms with van der Waals surface area (Å²) in [7, 11) is 4.02. The van der Waals surface area contributed by atoms with Crippen LogP contribution in [0.25, 0.3) is 0 Å². The molecular weight excluding hydrogens is 360 g/mol. The molecular formula is C20H24N4O2S. The van der Waals surface area contributed by atoms with Gasteiger partial charge in [-0.2, -0.15) is 0 Å². The zero-order valence-electron chi connectivity index (χ0n) is 15.6. The number of hydrogen-bond donors (Lipinski definition) is 2. The molecule has 0 radical (unpaired) electrons. The Labute approximate surface area is 163 Å². The van der Waals surface area contributed by atoms with Crippen molar-refractivity contribution in [3.63, 3.8) is 0 Å². The lowest BCUT2D eigenvalue weighted by molar-refractivity contribution is -0.117. The van der Waals surface area contributed by atoms with Gasteiger partial charge in [0.15, 0.2) is 0 Å². The van der Waals surface area contributed by atoms with Crippen LogP contribution in [0.1, 0.15) is 34.1 Å². The van der Waals surface area contributed by atoms with E-state index in [1.54, 1.807) is 17.4 Å². The number of anilines is 2. The van der Waals surface area contributed by atoms with Gasteiger partial charge in [0, 0.05) is 23.5 Å². The van der Waals surface area contributed by atoms with Crippen LogP contribution in [-0.2, 0) is 4.79 Å². The first kappa shape index (κ1) is 18.0. The van der Waals surface area contributed by atoms with Gasteiger partial charge in [-0.05, 0) is 56.6 Å². The molecule has 2 aliphatic rings. The second-order valence-corrected chi connectivity index (χ2v) is 8.26. The summed E-state index contributed by atoms with van der Waals surface area (Å²) in [5, 5.41) is 8.04. The second-order valence-electron chi connectivity index (χ2n) is 7.28. The van der Waals surface area contributed by atoms with E-state index in [2.05, 4.69) is 26.5 Å². The Kier molecular flexibility index (Phi) is 4.88. The van der Waals surface area contributed by atoms with E-state index < -0.39 is 0 Å². The number of fused-ring (bicyclic) bond motifs is 3. The molecule has 7 heteroatoms. The number of amides is 2. The molecule has 1 fully saturated rings. The van der Waals surface area contributed by atoms with Crippen molar-refractivity contribution in [3.8, 4) is 0 Å². The van der Waals surface area contributed by atoms with Gasteiger partial charge in [0.1, 0.15) is 6.04 Å². The third kappa shape index (κ3) is 3.44. The van der Waals surface area contributed by atoms with Crippen LogP contribution in [0.3, 0.4) is 0 Å². The van der Waals surface area contributed by atoms with Crippen LogP contribution in [0.2, 0.25) is 0 Å². The topological polar surface area (TPSA) is 64.7 Å². The van der Waals surface area contributed by atoms with Crippen molar-refractivity contribution < 1.29 is 9.59 Å². The summed E-state index contributed by atoms with van der Waals surface area (Å²) >= 11 is 1.69. The number of carbonyl (C=O) groups excluding carboxylic acids is 2. The Hall–Kier alpha value is -2.38. The quantitative estimate of drug-likeness (QED) is 0.832. The maximum atomic E-state index is 12.7. The van der Waals surface area contributed by atoms with E-state index in [1.165, 1.54) is 4.88 Å². The number of thiophene rings is 1. The fraction of sp³-hybridized carbons (Fsp3) is 0.400. The van der Waals surface area contributed by atoms with Crippen LogP contribution in [0.5, 0.6) is 0 Å². The number of hydrogen-bond acceptors (Lipinski definition) is 5. The Bertz CT molecular complexity index is 850. The smallest absolute Gasteiger partial charge is 0.251 e. The molecule has 1 saturated heterocycles. The molecule has 2 aliphatic heterocycles. The first-order valence-corrected chi connectivity index (χ1v) is 10.1. The Morgan fingerprint density at radius 3 is 3.00 bits per heavy atom. The zero-order valence-corrected chi connectivity index (χ0v) is 16.4. The first-order chi connectivity index (χ1) is 13.0. The summed E-state index contributed by atoms with van der Waals surface area (Å²) in [4.78, 5) is 30.4. The number of rotatable bonds is 5. The van der Waals surface area contributed by atoms with E-state index in [1.807, 2.05) is 37.7 Å². The van der Waals surface area contributed by atoms with Gasteiger partial charge in [-0.15, -0.1) is 11.3 Å². The normalized spacial score (nSPS) is 19.4. The minimum Gasteiger partial charge on any atom is -0.358 e. The molecule has 0 bridgehead atoms. The highest BCUT2D eigenvalue weighted by Crippen LogP contribution is 2.37. The first-order valence-electron chi connectivity index (χ1n) is 9.24. The molecule has 142 valence electrons. The number of carbonyl (C=O) groups is 2. The van der Waals surface area contributed by atoms with Crippen LogP contribution < -0.4 is 15.5 Å². The summed E-state index contributed by atoms with van der Waals surface area (Å²) in [6.07, 6.45) is 1.91. The summed E-state index contributed by atoms with van der Waals surface area (Å²) in [5.74, 6) is -0.0954. The molecule has 6 nitrogen and oxygen atoms in total. The monoisotopic (exact) mass is 384 g/mol. The highest BCUT2D eigenvalue weighted by atomic mass is 32.1. The third-order valence-electron chi connectivity index (χ3n) is 5.33. The van der Waals surface area contributed by atoms with Gasteiger partial charge in [-0.3, -0.25) is 9.59 Å². The minimum absolute atomic E-state index is 0.0305. The number of nitrogens with one attached hydrogen (secondary N) is 2. The predicted octanol–water partition coefficient (Wildman–Crippen LogP) is 2.70. The molecule has 2 aromatic rings. The molecule has 0 saturated carbocycles. The lowest BCUT2D eigenvalue weighted by Gasteiger charge is -2.33. The maximum absolute atomic E-state index is 12.7. The number of nitrogens with zero attached hydrogens (tertiary/aromatic N) is 2. The van der Waals surface area contributed by atoms with Gasteiger partial charge < -0.3 is 20.4 Å². The summed E-state index contributed by atoms with van der Waals surface area (Å²) in [6.45, 7) is 1.42. The van der Waals surface area contributed by atoms with E-state index in [4.69, 9.17) is 0 Å². The van der Waals surface area contributed by atoms with Gasteiger partial charge >= 0.3 is 0 Å². The zero-order chi connectivity index (χ0) is 19.0. The van der Waals surface area contributed by atoms with E-state index in [0.717, 1.165) is 30.8 Å². The Morgan fingerprint density at radius 1 is 1.41 bits per heavy atom. The molecule has 2 amide bonds. The molecule has 0 aliphatic carbocycles. The van der Waals surface area contributed by atoms with Crippen molar-refractivity contribution in [2.45, 2.75) is 24.9 Å². The molecule has 0 spiro atoms. The highest BCUT2D eigenvalue weighted by molar-refractivity contribution is 7.10. The largest absolute Gasteiger partial charge is 0.358 e. The maximum Gasteiger partial charge on any atom is 0.251 e. The summed E-state index contributed by atoms with van der Waals surface area (Å²) in [5.41, 5.74) is 2.31. The molecule has 4 rings (SSSR count). The van der Waals surface area contributed by atoms with Crippen LogP contribution >= 0.6 is 11.3 Å². The van der Waals surface area contributed by atoms with Crippen molar-refractivity contribution in [3.05, 3.63) is 46.2 Å². The minimum atomic E-state index is -0.126. The van der Waals surface area contributed by atoms with Crippen molar-refractivity contribution in [1.29, 1.82) is 0 Å². The van der Waals surface area contributed by atoms with E-state index in [-0.39, 0.29) is 23.9 Å². The standard InChI is InChI=1S/C20H24N4O2S/c1-23(2)17(18-6-4-10-27-18)12-21-19(25)13-7-8-15-14(11-13)22-20(26)16-5-3-9-24(15)16/h4,6-8,10-11,16-17H,3,5,9,12H2,1-2H3,(H,21,25)(H,22,26)/t16-,17-/m0/s1. The lowest BCUT2D eigenvalue weighted by Crippen LogP contribution is -2.44. The van der Waals surface area contributed by atoms with Crippen molar-refractivity contribution in [2.75, 3.05) is 37.4 Å². The van der Waals surface area contributed by atoms with Crippen LogP contribution in [-0.4, -0.2) is 49.9 Å². The highest BCUT2D eigenvalue weighted by Gasteiger charge is 2.36. The number of likely N-dealkylation sites (N-methyl/N-ethyl adjacent to an activating group) is 1. The average molecular weight is 385 g/mol. The predicted molar refractivity (Wildman–Crippen MR) is 109 cm³/mol. The fourth-order valence-corrected chi connectivity index (χ4v) is 4.80. The van der Waals surface area contributed by atoms with Gasteiger partial charge in [0.05, 0.1) is 17.4 Å². The molecule has 2 atom stereocenters. The lowest BCUT2D eigenvalue weighted by atomic mass is 10.1. The average Bonchev–Trinajstić information content (AvgIpc) is 3.33. The van der Waals surface area contributed by atoms with Gasteiger partial charge in [0.2, 0.25) is 5.91 Å². The number of benzene rings is 1. The molecule has 27 heavy (non-hydrogen) atoms. The van der Waals surface area contributed by atoms with E-state index in [0.29, 0.717) is 12.1 Å². The van der Waals surface area contributed by atoms with Crippen LogP contribution in [0.15, 0.2) is 35.7 Å². The van der Waals surface area contributed by atoms with Crippen molar-refractivity contribution in [1.82, 2.24) is 10.2 Å². The Morgan fingerprint density at radius 2 is 2.26 bits per heavy atom. The fourth-order valence-electron chi connectivity index (χ4n) is 3.88.